The van der Waals surface area contributed by atoms with Gasteiger partial charge in [-0.15, -0.1) is 0 Å². The molecule has 1 saturated heterocycles. The van der Waals surface area contributed by atoms with Crippen LogP contribution in [0.15, 0.2) is 22.7 Å². The average Bonchev–Trinajstić information content (AvgIpc) is 2.70. The molecule has 1 aliphatic rings. The molecule has 0 spiro atoms. The van der Waals surface area contributed by atoms with Crippen LogP contribution in [-0.4, -0.2) is 35.1 Å². The molecule has 0 unspecified atom stereocenters. The number of carbonyl (C=O) groups is 1. The molecule has 0 radical (unpaired) electrons. The third-order valence-corrected chi connectivity index (χ3v) is 3.36. The van der Waals surface area contributed by atoms with Crippen LogP contribution in [0.5, 0.6) is 0 Å². The molecule has 1 aromatic rings. The largest absolute Gasteiger partial charge is 0.391 e. The van der Waals surface area contributed by atoms with Crippen LogP contribution in [0.2, 0.25) is 0 Å². The fraction of sp³-hybridized carbons (Fsp3) is 0.417. The van der Waals surface area contributed by atoms with E-state index in [1.54, 1.807) is 17.0 Å². The van der Waals surface area contributed by atoms with Crippen molar-refractivity contribution in [2.24, 2.45) is 0 Å². The predicted octanol–water partition coefficient (Wildman–Crippen LogP) is 1.72. The summed E-state index contributed by atoms with van der Waals surface area (Å²) in [5.41, 5.74) is 0.380. The minimum Gasteiger partial charge on any atom is -0.391 e. The monoisotopic (exact) mass is 301 g/mol. The first kappa shape index (κ1) is 12.5. The zero-order valence-electron chi connectivity index (χ0n) is 9.20. The van der Waals surface area contributed by atoms with Gasteiger partial charge in [-0.25, -0.2) is 4.39 Å². The number of β-amino-alcohol motifs (C(OH)–C–C–N with tert-alkyl or cyclic N) is 1. The highest BCUT2D eigenvalue weighted by Gasteiger charge is 2.24. The van der Waals surface area contributed by atoms with Crippen LogP contribution in [0, 0.1) is 5.82 Å². The molecule has 17 heavy (non-hydrogen) atoms. The van der Waals surface area contributed by atoms with E-state index in [4.69, 9.17) is 0 Å². The number of carbonyl (C=O) groups excluding carboxylic acids is 1. The van der Waals surface area contributed by atoms with Crippen LogP contribution in [0.1, 0.15) is 12.0 Å². The first-order valence-corrected chi connectivity index (χ1v) is 6.25. The molecular weight excluding hydrogens is 289 g/mol. The summed E-state index contributed by atoms with van der Waals surface area (Å²) in [5.74, 6) is -0.514. The summed E-state index contributed by atoms with van der Waals surface area (Å²) < 4.78 is 14.2. The Labute approximate surface area is 107 Å². The van der Waals surface area contributed by atoms with Crippen molar-refractivity contribution in [1.29, 1.82) is 0 Å². The van der Waals surface area contributed by atoms with Crippen LogP contribution >= 0.6 is 15.9 Å². The lowest BCUT2D eigenvalue weighted by Gasteiger charge is -2.15. The Balaban J connectivity index is 2.05. The summed E-state index contributed by atoms with van der Waals surface area (Å²) in [4.78, 5) is 13.4. The lowest BCUT2D eigenvalue weighted by molar-refractivity contribution is -0.129. The quantitative estimate of drug-likeness (QED) is 0.904. The second kappa shape index (κ2) is 5.14. The van der Waals surface area contributed by atoms with Crippen molar-refractivity contribution >= 4 is 21.8 Å². The van der Waals surface area contributed by atoms with Crippen LogP contribution < -0.4 is 0 Å². The van der Waals surface area contributed by atoms with Crippen LogP contribution in [0.3, 0.4) is 0 Å². The zero-order chi connectivity index (χ0) is 12.4. The van der Waals surface area contributed by atoms with E-state index in [-0.39, 0.29) is 18.1 Å². The van der Waals surface area contributed by atoms with Gasteiger partial charge in [0.1, 0.15) is 5.82 Å². The van der Waals surface area contributed by atoms with Crippen LogP contribution in [0.25, 0.3) is 0 Å². The Morgan fingerprint density at radius 2 is 2.35 bits per heavy atom. The molecule has 1 fully saturated rings. The molecule has 2 rings (SSSR count). The number of hydrogen-bond acceptors (Lipinski definition) is 2. The molecule has 1 N–H and O–H groups in total. The summed E-state index contributed by atoms with van der Waals surface area (Å²) >= 11 is 3.25. The van der Waals surface area contributed by atoms with Gasteiger partial charge in [0.05, 0.1) is 12.5 Å². The van der Waals surface area contributed by atoms with Crippen molar-refractivity contribution in [2.45, 2.75) is 18.9 Å². The van der Waals surface area contributed by atoms with E-state index in [9.17, 15) is 14.3 Å². The normalized spacial score (nSPS) is 19.7. The van der Waals surface area contributed by atoms with Crippen molar-refractivity contribution in [3.8, 4) is 0 Å². The van der Waals surface area contributed by atoms with E-state index in [0.717, 1.165) is 4.47 Å². The SMILES string of the molecule is O=C(Cc1cc(Br)ccc1F)N1CC[C@@H](O)C1. The lowest BCUT2D eigenvalue weighted by Crippen LogP contribution is -2.31. The Bertz CT molecular complexity index is 439. The third kappa shape index (κ3) is 3.04. The molecule has 92 valence electrons. The van der Waals surface area contributed by atoms with Gasteiger partial charge in [0.15, 0.2) is 0 Å². The number of hydrogen-bond donors (Lipinski definition) is 1. The van der Waals surface area contributed by atoms with E-state index >= 15 is 0 Å². The predicted molar refractivity (Wildman–Crippen MR) is 65.0 cm³/mol. The number of aliphatic hydroxyl groups excluding tert-OH is 1. The van der Waals surface area contributed by atoms with E-state index < -0.39 is 6.10 Å². The first-order valence-electron chi connectivity index (χ1n) is 5.46. The molecule has 1 amide bonds. The van der Waals surface area contributed by atoms with Gasteiger partial charge in [-0.2, -0.15) is 0 Å². The Morgan fingerprint density at radius 3 is 3.00 bits per heavy atom. The van der Waals surface area contributed by atoms with E-state index in [1.807, 2.05) is 0 Å². The second-order valence-electron chi connectivity index (χ2n) is 4.19. The number of rotatable bonds is 2. The van der Waals surface area contributed by atoms with E-state index in [2.05, 4.69) is 15.9 Å². The first-order chi connectivity index (χ1) is 8.06. The summed E-state index contributed by atoms with van der Waals surface area (Å²) in [5, 5.41) is 9.34. The fourth-order valence-electron chi connectivity index (χ4n) is 1.92. The van der Waals surface area contributed by atoms with Gasteiger partial charge >= 0.3 is 0 Å². The maximum atomic E-state index is 13.5. The maximum Gasteiger partial charge on any atom is 0.227 e. The minimum atomic E-state index is -0.439. The fourth-order valence-corrected chi connectivity index (χ4v) is 2.33. The molecule has 3 nitrogen and oxygen atoms in total. The Morgan fingerprint density at radius 1 is 1.59 bits per heavy atom. The van der Waals surface area contributed by atoms with Gasteiger partial charge in [0.2, 0.25) is 5.91 Å². The molecule has 0 bridgehead atoms. The molecule has 1 aromatic carbocycles. The molecular formula is C12H13BrFNO2. The van der Waals surface area contributed by atoms with Gasteiger partial charge < -0.3 is 10.0 Å². The van der Waals surface area contributed by atoms with Gasteiger partial charge in [-0.3, -0.25) is 4.79 Å². The smallest absolute Gasteiger partial charge is 0.227 e. The second-order valence-corrected chi connectivity index (χ2v) is 5.11. The number of aliphatic hydroxyl groups is 1. The third-order valence-electron chi connectivity index (χ3n) is 2.87. The molecule has 1 heterocycles. The molecule has 5 heteroatoms. The number of amides is 1. The summed E-state index contributed by atoms with van der Waals surface area (Å²) in [6, 6.07) is 4.55. The Kier molecular flexibility index (Phi) is 3.79. The molecule has 0 aromatic heterocycles. The summed E-state index contributed by atoms with van der Waals surface area (Å²) in [6.45, 7) is 0.907. The van der Waals surface area contributed by atoms with Crippen molar-refractivity contribution in [2.75, 3.05) is 13.1 Å². The summed E-state index contributed by atoms with van der Waals surface area (Å²) in [6.07, 6.45) is 0.205. The van der Waals surface area contributed by atoms with Gasteiger partial charge in [-0.05, 0) is 30.2 Å². The van der Waals surface area contributed by atoms with Gasteiger partial charge in [-0.1, -0.05) is 15.9 Å². The summed E-state index contributed by atoms with van der Waals surface area (Å²) in [7, 11) is 0. The van der Waals surface area contributed by atoms with E-state index in [1.165, 1.54) is 6.07 Å². The van der Waals surface area contributed by atoms with Crippen molar-refractivity contribution in [3.05, 3.63) is 34.1 Å². The number of halogens is 2. The molecule has 0 saturated carbocycles. The zero-order valence-corrected chi connectivity index (χ0v) is 10.8. The van der Waals surface area contributed by atoms with Crippen LogP contribution in [-0.2, 0) is 11.2 Å². The van der Waals surface area contributed by atoms with Crippen molar-refractivity contribution < 1.29 is 14.3 Å². The number of nitrogens with zero attached hydrogens (tertiary/aromatic N) is 1. The highest BCUT2D eigenvalue weighted by molar-refractivity contribution is 9.10. The maximum absolute atomic E-state index is 13.5. The molecule has 0 aliphatic carbocycles. The standard InChI is InChI=1S/C12H13BrFNO2/c13-9-1-2-11(14)8(5-9)6-12(17)15-4-3-10(16)7-15/h1-2,5,10,16H,3-4,6-7H2/t10-/m1/s1. The minimum absolute atomic E-state index is 0.0397. The highest BCUT2D eigenvalue weighted by Crippen LogP contribution is 2.18. The van der Waals surface area contributed by atoms with Gasteiger partial charge in [0, 0.05) is 17.6 Å². The average molecular weight is 302 g/mol. The molecule has 1 aliphatic heterocycles. The highest BCUT2D eigenvalue weighted by atomic mass is 79.9. The van der Waals surface area contributed by atoms with Gasteiger partial charge in [0.25, 0.3) is 0 Å². The number of likely N-dealkylation sites (tertiary alicyclic amines) is 1. The number of benzene rings is 1. The lowest BCUT2D eigenvalue weighted by atomic mass is 10.1. The van der Waals surface area contributed by atoms with Crippen molar-refractivity contribution in [1.82, 2.24) is 4.90 Å². The molecule has 1 atom stereocenters. The van der Waals surface area contributed by atoms with E-state index in [0.29, 0.717) is 25.1 Å². The van der Waals surface area contributed by atoms with Crippen LogP contribution in [0.4, 0.5) is 4.39 Å². The Hall–Kier alpha value is -0.940. The topological polar surface area (TPSA) is 40.5 Å². The van der Waals surface area contributed by atoms with Crippen molar-refractivity contribution in [3.63, 3.8) is 0 Å².